The van der Waals surface area contributed by atoms with Crippen molar-refractivity contribution in [3.63, 3.8) is 0 Å². The van der Waals surface area contributed by atoms with Crippen LogP contribution in [0.2, 0.25) is 0 Å². The molecule has 2 aliphatic heterocycles. The fourth-order valence-corrected chi connectivity index (χ4v) is 5.68. The number of hydrogen-bond acceptors (Lipinski definition) is 6. The Labute approximate surface area is 215 Å². The summed E-state index contributed by atoms with van der Waals surface area (Å²) in [5.41, 5.74) is 2.88. The van der Waals surface area contributed by atoms with E-state index < -0.39 is 34.5 Å². The molecule has 1 saturated heterocycles. The quantitative estimate of drug-likeness (QED) is 0.455. The highest BCUT2D eigenvalue weighted by Crippen LogP contribution is 2.37. The number of hydrogen-bond donors (Lipinski definition) is 0. The maximum absolute atomic E-state index is 13.9. The summed E-state index contributed by atoms with van der Waals surface area (Å²) in [5.74, 6) is -0.0809. The predicted molar refractivity (Wildman–Crippen MR) is 135 cm³/mol. The SMILES string of the molecule is CS(=O)(=O)OC1CC(C(=O)N2CCc3ccccc3[C@@H]2c2ccc(F)cc2)OCC1Oc1ccccc1. The Morgan fingerprint density at radius 1 is 0.973 bits per heavy atom. The van der Waals surface area contributed by atoms with Crippen molar-refractivity contribution in [2.75, 3.05) is 19.4 Å². The van der Waals surface area contributed by atoms with Crippen LogP contribution in [0.15, 0.2) is 78.9 Å². The van der Waals surface area contributed by atoms with E-state index in [-0.39, 0.29) is 24.8 Å². The van der Waals surface area contributed by atoms with Crippen LogP contribution >= 0.6 is 0 Å². The second-order valence-electron chi connectivity index (χ2n) is 9.30. The van der Waals surface area contributed by atoms with Crippen molar-refractivity contribution in [1.29, 1.82) is 0 Å². The van der Waals surface area contributed by atoms with E-state index in [1.807, 2.05) is 42.5 Å². The van der Waals surface area contributed by atoms with Gasteiger partial charge in [0, 0.05) is 13.0 Å². The highest BCUT2D eigenvalue weighted by Gasteiger charge is 2.42. The number of carbonyl (C=O) groups is 1. The standard InChI is InChI=1S/C28H28FNO6S/c1-37(32,33)36-24-17-25(34-18-26(24)35-22-8-3-2-4-9-22)28(31)30-16-15-19-7-5-6-10-23(19)27(30)20-11-13-21(29)14-12-20/h2-14,24-27H,15-18H2,1H3/t24?,25?,26?,27-/m0/s1. The molecule has 1 fully saturated rings. The minimum absolute atomic E-state index is 0.0116. The normalized spacial score (nSPS) is 23.8. The summed E-state index contributed by atoms with van der Waals surface area (Å²) in [5, 5.41) is 0. The van der Waals surface area contributed by atoms with Crippen LogP contribution in [-0.2, 0) is 30.3 Å². The molecule has 2 heterocycles. The number of rotatable bonds is 6. The third-order valence-electron chi connectivity index (χ3n) is 6.68. The molecule has 3 aromatic carbocycles. The fraction of sp³-hybridized carbons (Fsp3) is 0.321. The summed E-state index contributed by atoms with van der Waals surface area (Å²) in [7, 11) is -3.82. The molecule has 0 aromatic heterocycles. The van der Waals surface area contributed by atoms with E-state index in [2.05, 4.69) is 0 Å². The van der Waals surface area contributed by atoms with Gasteiger partial charge >= 0.3 is 0 Å². The molecule has 3 aromatic rings. The maximum atomic E-state index is 13.9. The Balaban J connectivity index is 1.41. The van der Waals surface area contributed by atoms with Gasteiger partial charge in [-0.1, -0.05) is 54.6 Å². The number of benzene rings is 3. The predicted octanol–water partition coefficient (Wildman–Crippen LogP) is 3.88. The Hall–Kier alpha value is -3.27. The first kappa shape index (κ1) is 25.4. The average molecular weight is 526 g/mol. The topological polar surface area (TPSA) is 82.1 Å². The van der Waals surface area contributed by atoms with Crippen LogP contribution < -0.4 is 4.74 Å². The van der Waals surface area contributed by atoms with Crippen LogP contribution in [0.5, 0.6) is 5.75 Å². The Bertz CT molecular complexity index is 1350. The summed E-state index contributed by atoms with van der Waals surface area (Å²) < 4.78 is 55.0. The number of fused-ring (bicyclic) bond motifs is 1. The van der Waals surface area contributed by atoms with Crippen molar-refractivity contribution in [3.05, 3.63) is 101 Å². The second kappa shape index (κ2) is 10.6. The first-order valence-corrected chi connectivity index (χ1v) is 14.0. The third kappa shape index (κ3) is 5.84. The molecule has 3 unspecified atom stereocenters. The molecule has 5 rings (SSSR count). The van der Waals surface area contributed by atoms with Gasteiger partial charge in [0.1, 0.15) is 29.9 Å². The Morgan fingerprint density at radius 3 is 2.41 bits per heavy atom. The number of carbonyl (C=O) groups excluding carboxylic acids is 1. The van der Waals surface area contributed by atoms with E-state index in [1.54, 1.807) is 29.2 Å². The van der Waals surface area contributed by atoms with Crippen LogP contribution in [0.4, 0.5) is 4.39 Å². The molecule has 9 heteroatoms. The fourth-order valence-electron chi connectivity index (χ4n) is 5.02. The van der Waals surface area contributed by atoms with Gasteiger partial charge in [0.2, 0.25) is 0 Å². The second-order valence-corrected chi connectivity index (χ2v) is 10.9. The van der Waals surface area contributed by atoms with Crippen molar-refractivity contribution in [2.24, 2.45) is 0 Å². The van der Waals surface area contributed by atoms with Gasteiger partial charge in [-0.05, 0) is 47.4 Å². The number of nitrogens with zero attached hydrogens (tertiary/aromatic N) is 1. The molecule has 0 radical (unpaired) electrons. The van der Waals surface area contributed by atoms with Crippen molar-refractivity contribution in [2.45, 2.75) is 37.2 Å². The molecule has 1 amide bonds. The first-order valence-electron chi connectivity index (χ1n) is 12.1. The molecule has 4 atom stereocenters. The molecular weight excluding hydrogens is 497 g/mol. The van der Waals surface area contributed by atoms with Crippen LogP contribution in [-0.4, -0.2) is 56.9 Å². The maximum Gasteiger partial charge on any atom is 0.264 e. The lowest BCUT2D eigenvalue weighted by atomic mass is 9.87. The molecule has 0 saturated carbocycles. The highest BCUT2D eigenvalue weighted by molar-refractivity contribution is 7.86. The van der Waals surface area contributed by atoms with Crippen LogP contribution in [0, 0.1) is 5.82 Å². The van der Waals surface area contributed by atoms with Crippen LogP contribution in [0.25, 0.3) is 0 Å². The Morgan fingerprint density at radius 2 is 1.68 bits per heavy atom. The number of ether oxygens (including phenoxy) is 2. The average Bonchev–Trinajstić information content (AvgIpc) is 2.89. The van der Waals surface area contributed by atoms with Gasteiger partial charge in [0.15, 0.2) is 0 Å². The lowest BCUT2D eigenvalue weighted by Crippen LogP contribution is -2.53. The number of halogens is 1. The molecule has 2 aliphatic rings. The molecule has 194 valence electrons. The smallest absolute Gasteiger partial charge is 0.264 e. The van der Waals surface area contributed by atoms with E-state index in [9.17, 15) is 17.6 Å². The summed E-state index contributed by atoms with van der Waals surface area (Å²) in [6.45, 7) is 0.427. The van der Waals surface area contributed by atoms with Gasteiger partial charge < -0.3 is 14.4 Å². The summed E-state index contributed by atoms with van der Waals surface area (Å²) in [4.78, 5) is 15.6. The molecule has 37 heavy (non-hydrogen) atoms. The minimum Gasteiger partial charge on any atom is -0.485 e. The monoisotopic (exact) mass is 525 g/mol. The largest absolute Gasteiger partial charge is 0.485 e. The lowest BCUT2D eigenvalue weighted by molar-refractivity contribution is -0.160. The Kier molecular flexibility index (Phi) is 7.28. The van der Waals surface area contributed by atoms with Crippen molar-refractivity contribution in [3.8, 4) is 5.75 Å². The first-order chi connectivity index (χ1) is 17.8. The van der Waals surface area contributed by atoms with Crippen LogP contribution in [0.1, 0.15) is 29.2 Å². The van der Waals surface area contributed by atoms with E-state index >= 15 is 0 Å². The van der Waals surface area contributed by atoms with Crippen molar-refractivity contribution < 1.29 is 31.3 Å². The molecule has 7 nitrogen and oxygen atoms in total. The summed E-state index contributed by atoms with van der Waals surface area (Å²) in [6, 6.07) is 22.6. The van der Waals surface area contributed by atoms with Crippen molar-refractivity contribution >= 4 is 16.0 Å². The van der Waals surface area contributed by atoms with E-state index in [0.29, 0.717) is 18.7 Å². The summed E-state index contributed by atoms with van der Waals surface area (Å²) >= 11 is 0. The molecule has 0 spiro atoms. The van der Waals surface area contributed by atoms with Crippen molar-refractivity contribution in [1.82, 2.24) is 4.90 Å². The zero-order chi connectivity index (χ0) is 26.0. The van der Waals surface area contributed by atoms with E-state index in [4.69, 9.17) is 13.7 Å². The van der Waals surface area contributed by atoms with Gasteiger partial charge in [0.05, 0.1) is 18.9 Å². The van der Waals surface area contributed by atoms with Gasteiger partial charge in [-0.15, -0.1) is 0 Å². The number of para-hydroxylation sites is 1. The summed E-state index contributed by atoms with van der Waals surface area (Å²) in [6.07, 6.45) is -0.885. The third-order valence-corrected chi connectivity index (χ3v) is 7.28. The zero-order valence-corrected chi connectivity index (χ0v) is 21.1. The highest BCUT2D eigenvalue weighted by atomic mass is 32.2. The molecular formula is C28H28FNO6S. The zero-order valence-electron chi connectivity index (χ0n) is 20.3. The van der Waals surface area contributed by atoms with Gasteiger partial charge in [-0.25, -0.2) is 4.39 Å². The van der Waals surface area contributed by atoms with E-state index in [0.717, 1.165) is 22.9 Å². The molecule has 0 aliphatic carbocycles. The van der Waals surface area contributed by atoms with Gasteiger partial charge in [-0.3, -0.25) is 8.98 Å². The van der Waals surface area contributed by atoms with E-state index in [1.165, 1.54) is 12.1 Å². The van der Waals surface area contributed by atoms with Crippen LogP contribution in [0.3, 0.4) is 0 Å². The van der Waals surface area contributed by atoms with Gasteiger partial charge in [-0.2, -0.15) is 8.42 Å². The molecule has 0 bridgehead atoms. The lowest BCUT2D eigenvalue weighted by Gasteiger charge is -2.41. The van der Waals surface area contributed by atoms with Gasteiger partial charge in [0.25, 0.3) is 16.0 Å². The minimum atomic E-state index is -3.82. The number of amides is 1. The molecule has 0 N–H and O–H groups in total.